The number of esters is 1. The fourth-order valence-electron chi connectivity index (χ4n) is 3.69. The van der Waals surface area contributed by atoms with E-state index in [-0.39, 0.29) is 11.9 Å². The van der Waals surface area contributed by atoms with E-state index in [0.717, 1.165) is 30.0 Å². The lowest BCUT2D eigenvalue weighted by Crippen LogP contribution is -2.34. The van der Waals surface area contributed by atoms with Crippen LogP contribution in [0.2, 0.25) is 0 Å². The van der Waals surface area contributed by atoms with Gasteiger partial charge in [-0.05, 0) is 43.7 Å². The van der Waals surface area contributed by atoms with Gasteiger partial charge >= 0.3 is 5.97 Å². The third-order valence-corrected chi connectivity index (χ3v) is 5.43. The molecule has 2 aromatic heterocycles. The van der Waals surface area contributed by atoms with E-state index in [1.54, 1.807) is 42.2 Å². The van der Waals surface area contributed by atoms with Crippen molar-refractivity contribution in [2.45, 2.75) is 13.3 Å². The van der Waals surface area contributed by atoms with Gasteiger partial charge in [-0.25, -0.2) is 14.5 Å². The molecule has 4 rings (SSSR count). The molecule has 0 N–H and O–H groups in total. The van der Waals surface area contributed by atoms with Gasteiger partial charge in [-0.3, -0.25) is 4.79 Å². The Bertz CT molecular complexity index is 1110. The normalized spacial score (nSPS) is 14.3. The number of nitrogens with zero attached hydrogens (tertiary/aromatic N) is 5. The Morgan fingerprint density at radius 2 is 1.88 bits per heavy atom. The molecule has 1 amide bonds. The first kappa shape index (κ1) is 22.3. The van der Waals surface area contributed by atoms with Crippen LogP contribution in [0.4, 0.5) is 5.82 Å². The van der Waals surface area contributed by atoms with Gasteiger partial charge in [0.05, 0.1) is 24.1 Å². The van der Waals surface area contributed by atoms with Crippen molar-refractivity contribution < 1.29 is 14.3 Å². The van der Waals surface area contributed by atoms with Crippen LogP contribution in [0.1, 0.15) is 29.3 Å². The van der Waals surface area contributed by atoms with Crippen LogP contribution in [-0.2, 0) is 9.53 Å². The summed E-state index contributed by atoms with van der Waals surface area (Å²) in [5.74, 6) is 0.404. The monoisotopic (exact) mass is 445 g/mol. The van der Waals surface area contributed by atoms with E-state index in [2.05, 4.69) is 15.0 Å². The fraction of sp³-hybridized carbons (Fsp3) is 0.280. The molecule has 1 aliphatic heterocycles. The summed E-state index contributed by atoms with van der Waals surface area (Å²) in [7, 11) is 0. The average molecular weight is 446 g/mol. The number of rotatable bonds is 6. The molecule has 0 unspecified atom stereocenters. The number of anilines is 1. The average Bonchev–Trinajstić information content (AvgIpc) is 3.19. The molecule has 0 bridgehead atoms. The molecule has 0 saturated carbocycles. The van der Waals surface area contributed by atoms with Crippen molar-refractivity contribution in [3.05, 3.63) is 78.3 Å². The molecule has 0 spiro atoms. The highest BCUT2D eigenvalue weighted by atomic mass is 16.5. The molecule has 1 saturated heterocycles. The molecule has 170 valence electrons. The molecule has 8 heteroatoms. The zero-order chi connectivity index (χ0) is 23.0. The second kappa shape index (κ2) is 10.6. The van der Waals surface area contributed by atoms with Crippen LogP contribution < -0.4 is 4.90 Å². The topological polar surface area (TPSA) is 80.6 Å². The minimum Gasteiger partial charge on any atom is -0.462 e. The van der Waals surface area contributed by atoms with E-state index in [4.69, 9.17) is 4.74 Å². The van der Waals surface area contributed by atoms with Gasteiger partial charge in [-0.15, -0.1) is 0 Å². The summed E-state index contributed by atoms with van der Waals surface area (Å²) in [6.45, 7) is 4.87. The maximum absolute atomic E-state index is 12.8. The number of carbonyl (C=O) groups is 2. The first-order valence-corrected chi connectivity index (χ1v) is 11.1. The summed E-state index contributed by atoms with van der Waals surface area (Å²) < 4.78 is 6.79. The van der Waals surface area contributed by atoms with Crippen molar-refractivity contribution in [1.82, 2.24) is 19.7 Å². The van der Waals surface area contributed by atoms with Gasteiger partial charge in [0.25, 0.3) is 0 Å². The predicted octanol–water partition coefficient (Wildman–Crippen LogP) is 3.20. The number of benzene rings is 1. The highest BCUT2D eigenvalue weighted by molar-refractivity contribution is 5.92. The van der Waals surface area contributed by atoms with Gasteiger partial charge in [0.15, 0.2) is 0 Å². The van der Waals surface area contributed by atoms with Crippen molar-refractivity contribution in [2.24, 2.45) is 0 Å². The number of hydrogen-bond acceptors (Lipinski definition) is 6. The van der Waals surface area contributed by atoms with E-state index in [1.807, 2.05) is 47.5 Å². The second-order valence-electron chi connectivity index (χ2n) is 7.68. The van der Waals surface area contributed by atoms with Gasteiger partial charge < -0.3 is 14.5 Å². The van der Waals surface area contributed by atoms with E-state index in [1.165, 1.54) is 0 Å². The number of pyridine rings is 1. The molecule has 0 atom stereocenters. The SMILES string of the molecule is CCOC(=O)c1ccc(N2CCCN(C(=O)/C=C/c3cnn(-c4ccccc4)c3)CC2)nc1. The molecule has 1 aliphatic rings. The largest absolute Gasteiger partial charge is 0.462 e. The molecule has 3 aromatic rings. The molecule has 33 heavy (non-hydrogen) atoms. The zero-order valence-corrected chi connectivity index (χ0v) is 18.6. The van der Waals surface area contributed by atoms with Crippen LogP contribution in [0.25, 0.3) is 11.8 Å². The minimum atomic E-state index is -0.370. The van der Waals surface area contributed by atoms with Crippen molar-refractivity contribution in [1.29, 1.82) is 0 Å². The summed E-state index contributed by atoms with van der Waals surface area (Å²) in [6, 6.07) is 13.4. The van der Waals surface area contributed by atoms with E-state index >= 15 is 0 Å². The second-order valence-corrected chi connectivity index (χ2v) is 7.68. The lowest BCUT2D eigenvalue weighted by molar-refractivity contribution is -0.125. The highest BCUT2D eigenvalue weighted by Gasteiger charge is 2.19. The molecular weight excluding hydrogens is 418 g/mol. The molecule has 0 aliphatic carbocycles. The Kier molecular flexibility index (Phi) is 7.14. The number of carbonyl (C=O) groups excluding carboxylic acids is 2. The molecular formula is C25H27N5O3. The smallest absolute Gasteiger partial charge is 0.339 e. The summed E-state index contributed by atoms with van der Waals surface area (Å²) in [6.07, 6.45) is 9.43. The standard InChI is InChI=1S/C25H27N5O3/c1-2-33-25(32)21-10-11-23(26-18-21)28-13-6-14-29(16-15-28)24(31)12-9-20-17-27-30(19-20)22-7-4-3-5-8-22/h3-5,7-12,17-19H,2,6,13-16H2,1H3/b12-9+. The van der Waals surface area contributed by atoms with Crippen LogP contribution in [0.5, 0.6) is 0 Å². The Balaban J connectivity index is 1.33. The molecule has 8 nitrogen and oxygen atoms in total. The number of para-hydroxylation sites is 1. The lowest BCUT2D eigenvalue weighted by Gasteiger charge is -2.22. The number of hydrogen-bond donors (Lipinski definition) is 0. The third-order valence-electron chi connectivity index (χ3n) is 5.43. The number of amides is 1. The summed E-state index contributed by atoms with van der Waals surface area (Å²) >= 11 is 0. The van der Waals surface area contributed by atoms with Gasteiger partial charge in [-0.2, -0.15) is 5.10 Å². The highest BCUT2D eigenvalue weighted by Crippen LogP contribution is 2.16. The van der Waals surface area contributed by atoms with Crippen LogP contribution in [0.3, 0.4) is 0 Å². The van der Waals surface area contributed by atoms with Gasteiger partial charge in [-0.1, -0.05) is 18.2 Å². The maximum Gasteiger partial charge on any atom is 0.339 e. The predicted molar refractivity (Wildman–Crippen MR) is 126 cm³/mol. The summed E-state index contributed by atoms with van der Waals surface area (Å²) in [5, 5.41) is 4.36. The van der Waals surface area contributed by atoms with Crippen LogP contribution in [0, 0.1) is 0 Å². The fourth-order valence-corrected chi connectivity index (χ4v) is 3.69. The first-order chi connectivity index (χ1) is 16.1. The van der Waals surface area contributed by atoms with E-state index in [9.17, 15) is 9.59 Å². The van der Waals surface area contributed by atoms with Crippen LogP contribution in [0.15, 0.2) is 67.1 Å². The van der Waals surface area contributed by atoms with Crippen molar-refractivity contribution in [2.75, 3.05) is 37.7 Å². The van der Waals surface area contributed by atoms with Crippen molar-refractivity contribution in [3.8, 4) is 5.69 Å². The van der Waals surface area contributed by atoms with E-state index in [0.29, 0.717) is 31.8 Å². The lowest BCUT2D eigenvalue weighted by atomic mass is 10.2. The molecule has 3 heterocycles. The first-order valence-electron chi connectivity index (χ1n) is 11.1. The van der Waals surface area contributed by atoms with Crippen LogP contribution >= 0.6 is 0 Å². The van der Waals surface area contributed by atoms with Crippen molar-refractivity contribution >= 4 is 23.8 Å². The van der Waals surface area contributed by atoms with Gasteiger partial charge in [0, 0.05) is 50.2 Å². The summed E-state index contributed by atoms with van der Waals surface area (Å²) in [5.41, 5.74) is 2.28. The maximum atomic E-state index is 12.8. The molecule has 1 fully saturated rings. The minimum absolute atomic E-state index is 0.0186. The quantitative estimate of drug-likeness (QED) is 0.428. The Labute approximate surface area is 193 Å². The Hall–Kier alpha value is -3.94. The Morgan fingerprint density at radius 3 is 2.64 bits per heavy atom. The Morgan fingerprint density at radius 1 is 1.03 bits per heavy atom. The molecule has 0 radical (unpaired) electrons. The van der Waals surface area contributed by atoms with Gasteiger partial charge in [0.2, 0.25) is 5.91 Å². The number of aromatic nitrogens is 3. The van der Waals surface area contributed by atoms with Gasteiger partial charge in [0.1, 0.15) is 5.82 Å². The zero-order valence-electron chi connectivity index (χ0n) is 18.6. The third kappa shape index (κ3) is 5.65. The summed E-state index contributed by atoms with van der Waals surface area (Å²) in [4.78, 5) is 33.0. The molecule has 1 aromatic carbocycles. The number of ether oxygens (including phenoxy) is 1. The van der Waals surface area contributed by atoms with E-state index < -0.39 is 0 Å². The van der Waals surface area contributed by atoms with Crippen LogP contribution in [-0.4, -0.2) is 64.3 Å². The van der Waals surface area contributed by atoms with Crippen molar-refractivity contribution in [3.63, 3.8) is 0 Å².